The fourth-order valence-corrected chi connectivity index (χ4v) is 3.65. The Hall–Kier alpha value is -2.52. The number of nitrogens with zero attached hydrogens (tertiary/aromatic N) is 4. The molecule has 2 N–H and O–H groups in total. The molecule has 2 aromatic heterocycles. The number of aryl methyl sites for hydroxylation is 1. The average molecular weight is 403 g/mol. The zero-order chi connectivity index (χ0) is 20.5. The smallest absolute Gasteiger partial charge is 0.215 e. The van der Waals surface area contributed by atoms with Crippen LogP contribution in [0.3, 0.4) is 0 Å². The van der Waals surface area contributed by atoms with Gasteiger partial charge in [0.25, 0.3) is 0 Å². The molecule has 8 nitrogen and oxygen atoms in total. The molecule has 0 aliphatic heterocycles. The molecule has 0 spiro atoms. The lowest BCUT2D eigenvalue weighted by molar-refractivity contribution is 0.365. The van der Waals surface area contributed by atoms with E-state index in [4.69, 9.17) is 0 Å². The fraction of sp³-hybridized carbons (Fsp3) is 0.421. The number of fused-ring (bicyclic) bond motifs is 1. The highest BCUT2D eigenvalue weighted by atomic mass is 32.2. The van der Waals surface area contributed by atoms with E-state index in [1.54, 1.807) is 6.20 Å². The summed E-state index contributed by atoms with van der Waals surface area (Å²) in [4.78, 5) is 9.08. The molecule has 9 heteroatoms. The van der Waals surface area contributed by atoms with Crippen LogP contribution in [0.2, 0.25) is 0 Å². The fourth-order valence-electron chi connectivity index (χ4n) is 2.87. The third-order valence-electron chi connectivity index (χ3n) is 4.33. The van der Waals surface area contributed by atoms with Gasteiger partial charge in [0.1, 0.15) is 11.6 Å². The van der Waals surface area contributed by atoms with Crippen molar-refractivity contribution in [3.8, 4) is 0 Å². The van der Waals surface area contributed by atoms with E-state index in [0.717, 1.165) is 28.0 Å². The topological polar surface area (TPSA) is 102 Å². The van der Waals surface area contributed by atoms with Gasteiger partial charge in [-0.3, -0.25) is 0 Å². The number of anilines is 1. The number of sulfonamides is 1. The Bertz CT molecular complexity index is 1080. The van der Waals surface area contributed by atoms with Crippen LogP contribution in [0.15, 0.2) is 30.5 Å². The highest BCUT2D eigenvalue weighted by Crippen LogP contribution is 2.25. The zero-order valence-electron chi connectivity index (χ0n) is 16.8. The summed E-state index contributed by atoms with van der Waals surface area (Å²) in [7, 11) is -1.85. The lowest BCUT2D eigenvalue weighted by Crippen LogP contribution is -2.23. The van der Waals surface area contributed by atoms with Gasteiger partial charge in [-0.15, -0.1) is 0 Å². The molecular formula is C19H26N6O2S. The van der Waals surface area contributed by atoms with Crippen molar-refractivity contribution < 1.29 is 8.42 Å². The first-order valence-corrected chi connectivity index (χ1v) is 10.7. The van der Waals surface area contributed by atoms with Gasteiger partial charge in [0.05, 0.1) is 22.9 Å². The van der Waals surface area contributed by atoms with Crippen LogP contribution in [0.4, 0.5) is 5.82 Å². The van der Waals surface area contributed by atoms with Crippen molar-refractivity contribution in [3.05, 3.63) is 47.4 Å². The Labute approximate surface area is 165 Å². The molecule has 0 fully saturated rings. The average Bonchev–Trinajstić information content (AvgIpc) is 3.04. The minimum Gasteiger partial charge on any atom is -0.365 e. The van der Waals surface area contributed by atoms with E-state index < -0.39 is 10.0 Å². The first-order chi connectivity index (χ1) is 13.1. The molecule has 0 saturated heterocycles. The first kappa shape index (κ1) is 20.2. The molecule has 2 heterocycles. The maximum absolute atomic E-state index is 11.6. The van der Waals surface area contributed by atoms with E-state index in [0.29, 0.717) is 12.4 Å². The molecule has 0 amide bonds. The molecule has 0 unspecified atom stereocenters. The molecule has 0 bridgehead atoms. The van der Waals surface area contributed by atoms with E-state index in [9.17, 15) is 8.42 Å². The Balaban J connectivity index is 1.80. The van der Waals surface area contributed by atoms with Crippen molar-refractivity contribution in [2.24, 2.45) is 0 Å². The van der Waals surface area contributed by atoms with Crippen LogP contribution in [0.1, 0.15) is 37.7 Å². The van der Waals surface area contributed by atoms with Crippen LogP contribution >= 0.6 is 0 Å². The number of nitrogens with one attached hydrogen (secondary N) is 2. The predicted molar refractivity (Wildman–Crippen MR) is 111 cm³/mol. The summed E-state index contributed by atoms with van der Waals surface area (Å²) in [5, 5.41) is 8.71. The summed E-state index contributed by atoms with van der Waals surface area (Å²) in [5.74, 6) is 1.38. The molecule has 3 rings (SSSR count). The van der Waals surface area contributed by atoms with Crippen LogP contribution in [0, 0.1) is 6.92 Å². The van der Waals surface area contributed by atoms with Crippen molar-refractivity contribution in [2.45, 2.75) is 45.5 Å². The van der Waals surface area contributed by atoms with Crippen molar-refractivity contribution in [1.29, 1.82) is 0 Å². The molecule has 28 heavy (non-hydrogen) atoms. The van der Waals surface area contributed by atoms with Gasteiger partial charge in [-0.05, 0) is 45.9 Å². The summed E-state index contributed by atoms with van der Waals surface area (Å²) in [6.07, 6.45) is 1.79. The van der Waals surface area contributed by atoms with E-state index in [2.05, 4.69) is 45.9 Å². The van der Waals surface area contributed by atoms with Gasteiger partial charge < -0.3 is 5.32 Å². The lowest BCUT2D eigenvalue weighted by atomic mass is 10.1. The molecule has 150 valence electrons. The van der Waals surface area contributed by atoms with E-state index in [1.165, 1.54) is 7.05 Å². The van der Waals surface area contributed by atoms with Crippen molar-refractivity contribution in [1.82, 2.24) is 24.5 Å². The van der Waals surface area contributed by atoms with Gasteiger partial charge in [0.15, 0.2) is 5.65 Å². The van der Waals surface area contributed by atoms with Gasteiger partial charge in [-0.2, -0.15) is 5.10 Å². The number of benzene rings is 1. The van der Waals surface area contributed by atoms with Crippen LogP contribution < -0.4 is 10.0 Å². The van der Waals surface area contributed by atoms with Gasteiger partial charge in [0, 0.05) is 6.54 Å². The van der Waals surface area contributed by atoms with Gasteiger partial charge in [0.2, 0.25) is 10.0 Å². The zero-order valence-corrected chi connectivity index (χ0v) is 17.6. The maximum Gasteiger partial charge on any atom is 0.215 e. The largest absolute Gasteiger partial charge is 0.365 e. The SMILES string of the molecule is CNS(=O)(=O)Cc1ccc(CNc2nc(C)nc3c2cnn3C(C)(C)C)cc1. The first-order valence-electron chi connectivity index (χ1n) is 9.05. The summed E-state index contributed by atoms with van der Waals surface area (Å²) in [6, 6.07) is 7.48. The molecule has 1 aromatic carbocycles. The third kappa shape index (κ3) is 4.48. The number of rotatable bonds is 6. The number of hydrogen-bond acceptors (Lipinski definition) is 6. The van der Waals surface area contributed by atoms with Crippen LogP contribution in [0.25, 0.3) is 11.0 Å². The van der Waals surface area contributed by atoms with Gasteiger partial charge >= 0.3 is 0 Å². The Kier molecular flexibility index (Phi) is 5.40. The van der Waals surface area contributed by atoms with Crippen molar-refractivity contribution in [3.63, 3.8) is 0 Å². The maximum atomic E-state index is 11.6. The quantitative estimate of drug-likeness (QED) is 0.657. The summed E-state index contributed by atoms with van der Waals surface area (Å²) < 4.78 is 27.5. The summed E-state index contributed by atoms with van der Waals surface area (Å²) in [5.41, 5.74) is 2.39. The summed E-state index contributed by atoms with van der Waals surface area (Å²) in [6.45, 7) is 8.67. The molecule has 0 radical (unpaired) electrons. The molecule has 3 aromatic rings. The van der Waals surface area contributed by atoms with Crippen LogP contribution in [-0.4, -0.2) is 35.2 Å². The molecule has 0 aliphatic carbocycles. The molecule has 0 atom stereocenters. The minimum absolute atomic E-state index is 0.0328. The molecule has 0 saturated carbocycles. The predicted octanol–water partition coefficient (Wildman–Crippen LogP) is 2.55. The second-order valence-corrected chi connectivity index (χ2v) is 9.64. The van der Waals surface area contributed by atoms with Crippen molar-refractivity contribution >= 4 is 26.9 Å². The van der Waals surface area contributed by atoms with Crippen LogP contribution in [0.5, 0.6) is 0 Å². The van der Waals surface area contributed by atoms with Crippen molar-refractivity contribution in [2.75, 3.05) is 12.4 Å². The highest BCUT2D eigenvalue weighted by molar-refractivity contribution is 7.88. The molecule has 0 aliphatic rings. The Morgan fingerprint density at radius 2 is 1.71 bits per heavy atom. The minimum atomic E-state index is -3.27. The van der Waals surface area contributed by atoms with Gasteiger partial charge in [-0.1, -0.05) is 24.3 Å². The monoisotopic (exact) mass is 402 g/mol. The van der Waals surface area contributed by atoms with Crippen LogP contribution in [-0.2, 0) is 27.9 Å². The second-order valence-electron chi connectivity index (χ2n) is 7.72. The van der Waals surface area contributed by atoms with E-state index in [-0.39, 0.29) is 11.3 Å². The Morgan fingerprint density at radius 1 is 1.07 bits per heavy atom. The second kappa shape index (κ2) is 7.48. The Morgan fingerprint density at radius 3 is 2.32 bits per heavy atom. The summed E-state index contributed by atoms with van der Waals surface area (Å²) >= 11 is 0. The number of aromatic nitrogens is 4. The molecular weight excluding hydrogens is 376 g/mol. The van der Waals surface area contributed by atoms with E-state index >= 15 is 0 Å². The van der Waals surface area contributed by atoms with Gasteiger partial charge in [-0.25, -0.2) is 27.8 Å². The lowest BCUT2D eigenvalue weighted by Gasteiger charge is -2.20. The van der Waals surface area contributed by atoms with E-state index in [1.807, 2.05) is 35.9 Å². The normalized spacial score (nSPS) is 12.5. The standard InChI is InChI=1S/C19H26N6O2S/c1-13-23-17(16-11-22-25(18(16)24-13)19(2,3)4)21-10-14-6-8-15(9-7-14)12-28(26,27)20-5/h6-9,11,20H,10,12H2,1-5H3,(H,21,23,24). The number of hydrogen-bond donors (Lipinski definition) is 2. The third-order valence-corrected chi connectivity index (χ3v) is 5.66. The highest BCUT2D eigenvalue weighted by Gasteiger charge is 2.20.